The topological polar surface area (TPSA) is 97.8 Å². The van der Waals surface area contributed by atoms with Gasteiger partial charge in [0.15, 0.2) is 11.5 Å². The van der Waals surface area contributed by atoms with Gasteiger partial charge in [-0.05, 0) is 59.9 Å². The van der Waals surface area contributed by atoms with E-state index in [1.54, 1.807) is 48.4 Å². The number of nitrogens with zero attached hydrogens (tertiary/aromatic N) is 2. The number of Topliss-reactive ketones (excluding diaryl/α,β-unsaturated/α-hetero) is 1. The second-order valence-electron chi connectivity index (χ2n) is 11.7. The van der Waals surface area contributed by atoms with Crippen LogP contribution >= 0.6 is 0 Å². The van der Waals surface area contributed by atoms with Crippen molar-refractivity contribution in [3.63, 3.8) is 0 Å². The van der Waals surface area contributed by atoms with Gasteiger partial charge in [-0.1, -0.05) is 50.2 Å². The molecule has 3 aromatic carbocycles. The van der Waals surface area contributed by atoms with Gasteiger partial charge < -0.3 is 29.0 Å². The number of hydrogen-bond donors (Lipinski definition) is 1. The number of rotatable bonds is 13. The van der Waals surface area contributed by atoms with Gasteiger partial charge in [0.05, 0.1) is 38.5 Å². The molecule has 9 heteroatoms. The molecule has 238 valence electrons. The Morgan fingerprint density at radius 3 is 2.36 bits per heavy atom. The molecule has 0 saturated carbocycles. The SMILES string of the molecule is COc1cc(C2/C(=C(\O)c3ccc(OCC(C)C)cc3)C(=O)C(=O)N2CCCN2CCOCC2)ccc1OCc1ccccc1. The number of morpholine rings is 1. The van der Waals surface area contributed by atoms with Crippen LogP contribution in [0.15, 0.2) is 78.4 Å². The van der Waals surface area contributed by atoms with Crippen LogP contribution in [-0.2, 0) is 20.9 Å². The first-order valence-corrected chi connectivity index (χ1v) is 15.5. The molecule has 0 spiro atoms. The molecule has 9 nitrogen and oxygen atoms in total. The van der Waals surface area contributed by atoms with Gasteiger partial charge >= 0.3 is 0 Å². The average Bonchev–Trinajstić information content (AvgIpc) is 3.32. The van der Waals surface area contributed by atoms with Gasteiger partial charge in [0.1, 0.15) is 18.1 Å². The Morgan fingerprint density at radius 1 is 0.933 bits per heavy atom. The third-order valence-corrected chi connectivity index (χ3v) is 7.97. The quantitative estimate of drug-likeness (QED) is 0.154. The number of ether oxygens (including phenoxy) is 4. The minimum atomic E-state index is -0.802. The van der Waals surface area contributed by atoms with E-state index in [9.17, 15) is 14.7 Å². The van der Waals surface area contributed by atoms with E-state index < -0.39 is 17.7 Å². The lowest BCUT2D eigenvalue weighted by Gasteiger charge is -2.29. The first-order valence-electron chi connectivity index (χ1n) is 15.5. The summed E-state index contributed by atoms with van der Waals surface area (Å²) in [6.07, 6.45) is 0.668. The second-order valence-corrected chi connectivity index (χ2v) is 11.7. The van der Waals surface area contributed by atoms with Gasteiger partial charge in [-0.3, -0.25) is 14.5 Å². The van der Waals surface area contributed by atoms with Crippen LogP contribution < -0.4 is 14.2 Å². The van der Waals surface area contributed by atoms with Crippen LogP contribution in [0.4, 0.5) is 0 Å². The molecule has 2 saturated heterocycles. The Kier molecular flexibility index (Phi) is 10.8. The van der Waals surface area contributed by atoms with Crippen LogP contribution in [0.5, 0.6) is 17.2 Å². The molecule has 0 bridgehead atoms. The maximum Gasteiger partial charge on any atom is 0.295 e. The Balaban J connectivity index is 1.46. The first kappa shape index (κ1) is 32.1. The van der Waals surface area contributed by atoms with Crippen molar-refractivity contribution in [2.75, 3.05) is 53.1 Å². The number of aliphatic hydroxyl groups excluding tert-OH is 1. The summed E-state index contributed by atoms with van der Waals surface area (Å²) >= 11 is 0. The summed E-state index contributed by atoms with van der Waals surface area (Å²) in [6.45, 7) is 9.21. The van der Waals surface area contributed by atoms with E-state index in [1.165, 1.54) is 0 Å². The van der Waals surface area contributed by atoms with Crippen molar-refractivity contribution >= 4 is 17.4 Å². The molecule has 0 aliphatic carbocycles. The van der Waals surface area contributed by atoms with Crippen LogP contribution in [0.3, 0.4) is 0 Å². The molecule has 2 fully saturated rings. The zero-order valence-corrected chi connectivity index (χ0v) is 26.2. The number of carbonyl (C=O) groups is 2. The molecule has 5 rings (SSSR count). The van der Waals surface area contributed by atoms with Crippen molar-refractivity contribution in [3.8, 4) is 17.2 Å². The van der Waals surface area contributed by atoms with Gasteiger partial charge in [-0.25, -0.2) is 0 Å². The fourth-order valence-corrected chi connectivity index (χ4v) is 5.58. The molecule has 1 N–H and O–H groups in total. The smallest absolute Gasteiger partial charge is 0.295 e. The lowest BCUT2D eigenvalue weighted by Crippen LogP contribution is -2.39. The van der Waals surface area contributed by atoms with Crippen molar-refractivity contribution < 1.29 is 33.6 Å². The van der Waals surface area contributed by atoms with Gasteiger partial charge in [-0.15, -0.1) is 0 Å². The fraction of sp³-hybridized carbons (Fsp3) is 0.389. The normalized spacial score (nSPS) is 18.4. The van der Waals surface area contributed by atoms with Gasteiger partial charge in [-0.2, -0.15) is 0 Å². The van der Waals surface area contributed by atoms with Gasteiger partial charge in [0, 0.05) is 31.7 Å². The summed E-state index contributed by atoms with van der Waals surface area (Å²) < 4.78 is 23.0. The largest absolute Gasteiger partial charge is 0.507 e. The third-order valence-electron chi connectivity index (χ3n) is 7.97. The van der Waals surface area contributed by atoms with E-state index in [-0.39, 0.29) is 11.3 Å². The van der Waals surface area contributed by atoms with E-state index in [1.807, 2.05) is 36.4 Å². The summed E-state index contributed by atoms with van der Waals surface area (Å²) in [5, 5.41) is 11.5. The van der Waals surface area contributed by atoms with E-state index in [0.29, 0.717) is 73.7 Å². The summed E-state index contributed by atoms with van der Waals surface area (Å²) in [6, 6.07) is 21.3. The molecule has 1 amide bonds. The summed E-state index contributed by atoms with van der Waals surface area (Å²) in [7, 11) is 1.55. The molecule has 2 heterocycles. The zero-order valence-electron chi connectivity index (χ0n) is 26.2. The number of benzene rings is 3. The number of aliphatic hydroxyl groups is 1. The zero-order chi connectivity index (χ0) is 31.8. The van der Waals surface area contributed by atoms with Gasteiger partial charge in [0.25, 0.3) is 11.7 Å². The Morgan fingerprint density at radius 2 is 1.67 bits per heavy atom. The summed E-state index contributed by atoms with van der Waals surface area (Å²) in [5.74, 6) is 0.449. The van der Waals surface area contributed by atoms with E-state index in [4.69, 9.17) is 18.9 Å². The molecular formula is C36H42N2O7. The van der Waals surface area contributed by atoms with E-state index in [0.717, 1.165) is 25.2 Å². The molecule has 45 heavy (non-hydrogen) atoms. The highest BCUT2D eigenvalue weighted by Crippen LogP contribution is 2.42. The molecular weight excluding hydrogens is 572 g/mol. The third kappa shape index (κ3) is 7.85. The van der Waals surface area contributed by atoms with Crippen LogP contribution in [0.1, 0.15) is 43.0 Å². The van der Waals surface area contributed by atoms with Crippen molar-refractivity contribution in [1.82, 2.24) is 9.80 Å². The van der Waals surface area contributed by atoms with E-state index >= 15 is 0 Å². The standard InChI is InChI=1S/C36H42N2O7/c1-25(2)23-44-29-13-10-27(11-14-29)34(39)32-33(38(36(41)35(32)40)17-7-16-37-18-20-43-21-19-37)28-12-15-30(31(22-28)42-3)45-24-26-8-5-4-6-9-26/h4-6,8-15,22,25,33,39H,7,16-21,23-24H2,1-3H3/b34-32+. The van der Waals surface area contributed by atoms with Crippen molar-refractivity contribution in [2.45, 2.75) is 32.9 Å². The highest BCUT2D eigenvalue weighted by molar-refractivity contribution is 6.46. The predicted octanol–water partition coefficient (Wildman–Crippen LogP) is 5.45. The number of carbonyl (C=O) groups excluding carboxylic acids is 2. The average molecular weight is 615 g/mol. The van der Waals surface area contributed by atoms with Crippen LogP contribution in [0.25, 0.3) is 5.76 Å². The van der Waals surface area contributed by atoms with Crippen LogP contribution in [0, 0.1) is 5.92 Å². The summed E-state index contributed by atoms with van der Waals surface area (Å²) in [4.78, 5) is 31.0. The number of amides is 1. The number of methoxy groups -OCH3 is 1. The molecule has 3 aromatic rings. The summed E-state index contributed by atoms with van der Waals surface area (Å²) in [5.41, 5.74) is 2.13. The van der Waals surface area contributed by atoms with Crippen molar-refractivity contribution in [2.24, 2.45) is 5.92 Å². The molecule has 1 atom stereocenters. The predicted molar refractivity (Wildman–Crippen MR) is 171 cm³/mol. The minimum Gasteiger partial charge on any atom is -0.507 e. The Bertz CT molecular complexity index is 1480. The minimum absolute atomic E-state index is 0.0437. The highest BCUT2D eigenvalue weighted by atomic mass is 16.5. The van der Waals surface area contributed by atoms with Gasteiger partial charge in [0.2, 0.25) is 0 Å². The number of hydrogen-bond acceptors (Lipinski definition) is 8. The number of likely N-dealkylation sites (tertiary alicyclic amines) is 1. The Labute approximate surface area is 265 Å². The lowest BCUT2D eigenvalue weighted by molar-refractivity contribution is -0.140. The monoisotopic (exact) mass is 614 g/mol. The Hall–Kier alpha value is -4.34. The van der Waals surface area contributed by atoms with Crippen LogP contribution in [-0.4, -0.2) is 79.7 Å². The highest BCUT2D eigenvalue weighted by Gasteiger charge is 2.46. The lowest BCUT2D eigenvalue weighted by atomic mass is 9.95. The first-order chi connectivity index (χ1) is 21.9. The molecule has 2 aliphatic heterocycles. The number of ketones is 1. The second kappa shape index (κ2) is 15.1. The van der Waals surface area contributed by atoms with Crippen molar-refractivity contribution in [3.05, 3.63) is 95.1 Å². The molecule has 0 aromatic heterocycles. The molecule has 2 aliphatic rings. The fourth-order valence-electron chi connectivity index (χ4n) is 5.58. The molecule has 1 unspecified atom stereocenters. The maximum absolute atomic E-state index is 13.6. The maximum atomic E-state index is 13.6. The van der Waals surface area contributed by atoms with Crippen LogP contribution in [0.2, 0.25) is 0 Å². The van der Waals surface area contributed by atoms with E-state index in [2.05, 4.69) is 18.7 Å². The molecule has 0 radical (unpaired) electrons. The van der Waals surface area contributed by atoms with Crippen molar-refractivity contribution in [1.29, 1.82) is 0 Å².